The van der Waals surface area contributed by atoms with Gasteiger partial charge in [0.2, 0.25) is 5.91 Å². The fraction of sp³-hybridized carbons (Fsp3) is 0.450. The summed E-state index contributed by atoms with van der Waals surface area (Å²) in [5.74, 6) is 0.308. The van der Waals surface area contributed by atoms with E-state index in [1.165, 1.54) is 0 Å². The highest BCUT2D eigenvalue weighted by Gasteiger charge is 2.31. The first-order valence-corrected chi connectivity index (χ1v) is 9.31. The van der Waals surface area contributed by atoms with E-state index >= 15 is 0 Å². The van der Waals surface area contributed by atoms with Crippen molar-refractivity contribution in [2.24, 2.45) is 0 Å². The van der Waals surface area contributed by atoms with Crippen LogP contribution >= 0.6 is 0 Å². The van der Waals surface area contributed by atoms with Crippen LogP contribution in [-0.2, 0) is 16.0 Å². The number of carbonyl (C=O) groups is 2. The van der Waals surface area contributed by atoms with Gasteiger partial charge in [0.15, 0.2) is 5.82 Å². The maximum absolute atomic E-state index is 12.2. The minimum Gasteiger partial charge on any atom is -0.444 e. The highest BCUT2D eigenvalue weighted by molar-refractivity contribution is 5.91. The maximum Gasteiger partial charge on any atom is 0.410 e. The molecule has 0 unspecified atom stereocenters. The molecule has 148 valence electrons. The number of pyridine rings is 1. The molecule has 1 atom stereocenters. The first kappa shape index (κ1) is 19.7. The molecule has 2 aromatic rings. The predicted molar refractivity (Wildman–Crippen MR) is 104 cm³/mol. The lowest BCUT2D eigenvalue weighted by Gasteiger charge is -2.24. The Balaban J connectivity index is 1.53. The molecule has 0 aliphatic carbocycles. The monoisotopic (exact) mass is 383 g/mol. The number of nitrogens with one attached hydrogen (secondary N) is 1. The van der Waals surface area contributed by atoms with E-state index in [1.807, 2.05) is 32.9 Å². The van der Waals surface area contributed by atoms with Gasteiger partial charge >= 0.3 is 6.09 Å². The molecule has 2 amide bonds. The van der Waals surface area contributed by atoms with Gasteiger partial charge in [-0.15, -0.1) is 5.10 Å². The van der Waals surface area contributed by atoms with E-state index in [2.05, 4.69) is 20.5 Å². The molecule has 0 bridgehead atoms. The molecule has 28 heavy (non-hydrogen) atoms. The van der Waals surface area contributed by atoms with E-state index < -0.39 is 5.60 Å². The molecule has 1 N–H and O–H groups in total. The van der Waals surface area contributed by atoms with Crippen LogP contribution < -0.4 is 5.32 Å². The zero-order valence-electron chi connectivity index (χ0n) is 16.4. The quantitative estimate of drug-likeness (QED) is 0.872. The third-order valence-corrected chi connectivity index (χ3v) is 4.28. The second-order valence-electron chi connectivity index (χ2n) is 7.80. The third-order valence-electron chi connectivity index (χ3n) is 4.28. The van der Waals surface area contributed by atoms with Crippen LogP contribution in [0.25, 0.3) is 0 Å². The number of aromatic nitrogens is 3. The molecule has 1 fully saturated rings. The van der Waals surface area contributed by atoms with Gasteiger partial charge in [-0.3, -0.25) is 9.78 Å². The van der Waals surface area contributed by atoms with Gasteiger partial charge in [-0.2, -0.15) is 5.10 Å². The van der Waals surface area contributed by atoms with Crippen molar-refractivity contribution in [3.05, 3.63) is 47.9 Å². The lowest BCUT2D eigenvalue weighted by Crippen LogP contribution is -2.35. The smallest absolute Gasteiger partial charge is 0.410 e. The molecule has 1 aliphatic heterocycles. The maximum atomic E-state index is 12.2. The SMILES string of the molecule is CC(C)(C)OC(=O)N1CC[C@H](c2ccc(NC(=O)Cc3ccccn3)nn2)C1. The Labute approximate surface area is 164 Å². The summed E-state index contributed by atoms with van der Waals surface area (Å²) in [7, 11) is 0. The van der Waals surface area contributed by atoms with Crippen LogP contribution in [0.15, 0.2) is 36.5 Å². The van der Waals surface area contributed by atoms with Gasteiger partial charge in [0.1, 0.15) is 5.60 Å². The van der Waals surface area contributed by atoms with Crippen LogP contribution in [0.4, 0.5) is 10.6 Å². The Morgan fingerprint density at radius 3 is 2.68 bits per heavy atom. The molecule has 3 rings (SSSR count). The number of hydrogen-bond acceptors (Lipinski definition) is 6. The summed E-state index contributed by atoms with van der Waals surface area (Å²) in [5.41, 5.74) is 0.982. The van der Waals surface area contributed by atoms with Crippen LogP contribution in [0, 0.1) is 0 Å². The molecule has 3 heterocycles. The minimum atomic E-state index is -0.510. The molecule has 0 spiro atoms. The van der Waals surface area contributed by atoms with Crippen LogP contribution in [0.3, 0.4) is 0 Å². The van der Waals surface area contributed by atoms with Crippen molar-refractivity contribution in [3.63, 3.8) is 0 Å². The minimum absolute atomic E-state index is 0.110. The van der Waals surface area contributed by atoms with E-state index in [9.17, 15) is 9.59 Å². The first-order chi connectivity index (χ1) is 13.3. The molecule has 2 aromatic heterocycles. The van der Waals surface area contributed by atoms with E-state index in [0.717, 1.165) is 12.1 Å². The lowest BCUT2D eigenvalue weighted by atomic mass is 10.1. The van der Waals surface area contributed by atoms with Gasteiger partial charge in [-0.25, -0.2) is 4.79 Å². The zero-order chi connectivity index (χ0) is 20.1. The van der Waals surface area contributed by atoms with Crippen LogP contribution in [0.1, 0.15) is 44.5 Å². The summed E-state index contributed by atoms with van der Waals surface area (Å²) in [6.45, 7) is 6.74. The Morgan fingerprint density at radius 2 is 2.04 bits per heavy atom. The summed E-state index contributed by atoms with van der Waals surface area (Å²) in [4.78, 5) is 30.1. The summed E-state index contributed by atoms with van der Waals surface area (Å²) in [6, 6.07) is 9.01. The highest BCUT2D eigenvalue weighted by Crippen LogP contribution is 2.27. The molecule has 0 saturated carbocycles. The summed E-state index contributed by atoms with van der Waals surface area (Å²) in [5, 5.41) is 11.1. The normalized spacial score (nSPS) is 16.7. The van der Waals surface area contributed by atoms with Gasteiger partial charge in [0.05, 0.1) is 12.1 Å². The Bertz CT molecular complexity index is 818. The van der Waals surface area contributed by atoms with Crippen molar-refractivity contribution in [2.75, 3.05) is 18.4 Å². The molecule has 0 radical (unpaired) electrons. The summed E-state index contributed by atoms with van der Waals surface area (Å²) >= 11 is 0. The first-order valence-electron chi connectivity index (χ1n) is 9.31. The van der Waals surface area contributed by atoms with Gasteiger partial charge < -0.3 is 15.0 Å². The van der Waals surface area contributed by atoms with Crippen molar-refractivity contribution in [1.82, 2.24) is 20.1 Å². The molecular weight excluding hydrogens is 358 g/mol. The number of anilines is 1. The molecule has 0 aromatic carbocycles. The summed E-state index contributed by atoms with van der Waals surface area (Å²) < 4.78 is 5.42. The van der Waals surface area contributed by atoms with Gasteiger partial charge in [0.25, 0.3) is 0 Å². The van der Waals surface area contributed by atoms with Crippen molar-refractivity contribution >= 4 is 17.8 Å². The van der Waals surface area contributed by atoms with Gasteiger partial charge in [-0.1, -0.05) is 6.07 Å². The molecule has 1 saturated heterocycles. The van der Waals surface area contributed by atoms with Crippen LogP contribution in [0.2, 0.25) is 0 Å². The second kappa shape index (κ2) is 8.33. The topological polar surface area (TPSA) is 97.3 Å². The molecule has 8 heteroatoms. The number of hydrogen-bond donors (Lipinski definition) is 1. The third kappa shape index (κ3) is 5.48. The molecule has 8 nitrogen and oxygen atoms in total. The number of nitrogens with zero attached hydrogens (tertiary/aromatic N) is 4. The molecular formula is C20H25N5O3. The van der Waals surface area contributed by atoms with E-state index in [4.69, 9.17) is 4.74 Å². The van der Waals surface area contributed by atoms with Crippen molar-refractivity contribution < 1.29 is 14.3 Å². The Hall–Kier alpha value is -3.03. The van der Waals surface area contributed by atoms with Crippen molar-refractivity contribution in [1.29, 1.82) is 0 Å². The van der Waals surface area contributed by atoms with Crippen LogP contribution in [-0.4, -0.2) is 50.8 Å². The van der Waals surface area contributed by atoms with Gasteiger partial charge in [-0.05, 0) is 51.5 Å². The lowest BCUT2D eigenvalue weighted by molar-refractivity contribution is -0.115. The highest BCUT2D eigenvalue weighted by atomic mass is 16.6. The van der Waals surface area contributed by atoms with E-state index in [0.29, 0.717) is 24.6 Å². The van der Waals surface area contributed by atoms with Crippen LogP contribution in [0.5, 0.6) is 0 Å². The molecule has 1 aliphatic rings. The number of likely N-dealkylation sites (tertiary alicyclic amines) is 1. The zero-order valence-corrected chi connectivity index (χ0v) is 16.4. The van der Waals surface area contributed by atoms with E-state index in [1.54, 1.807) is 29.3 Å². The largest absolute Gasteiger partial charge is 0.444 e. The standard InChI is InChI=1S/C20H25N5O3/c1-20(2,3)28-19(27)25-11-9-14(13-25)16-7-8-17(24-23-16)22-18(26)12-15-6-4-5-10-21-15/h4-8,10,14H,9,11-13H2,1-3H3,(H,22,24,26)/t14-/m0/s1. The number of carbonyl (C=O) groups excluding carboxylic acids is 2. The number of ether oxygens (including phenoxy) is 1. The Morgan fingerprint density at radius 1 is 1.21 bits per heavy atom. The van der Waals surface area contributed by atoms with Crippen molar-refractivity contribution in [2.45, 2.75) is 45.1 Å². The second-order valence-corrected chi connectivity index (χ2v) is 7.80. The average molecular weight is 383 g/mol. The summed E-state index contributed by atoms with van der Waals surface area (Å²) in [6.07, 6.45) is 2.33. The van der Waals surface area contributed by atoms with Gasteiger partial charge in [0, 0.05) is 30.9 Å². The Kier molecular flexibility index (Phi) is 5.87. The average Bonchev–Trinajstić information content (AvgIpc) is 3.12. The van der Waals surface area contributed by atoms with E-state index in [-0.39, 0.29) is 24.3 Å². The fourth-order valence-electron chi connectivity index (χ4n) is 2.98. The van der Waals surface area contributed by atoms with Crippen molar-refractivity contribution in [3.8, 4) is 0 Å². The fourth-order valence-corrected chi connectivity index (χ4v) is 2.98. The number of amides is 2. The number of rotatable bonds is 4. The predicted octanol–water partition coefficient (Wildman–Crippen LogP) is 2.78.